The second-order valence-electron chi connectivity index (χ2n) is 7.98. The van der Waals surface area contributed by atoms with Gasteiger partial charge < -0.3 is 19.5 Å². The van der Waals surface area contributed by atoms with Crippen molar-refractivity contribution in [3.05, 3.63) is 53.1 Å². The minimum Gasteiger partial charge on any atom is -0.496 e. The Morgan fingerprint density at radius 3 is 2.65 bits per heavy atom. The first-order chi connectivity index (χ1) is 16.3. The van der Waals surface area contributed by atoms with Crippen molar-refractivity contribution < 1.29 is 32.6 Å². The van der Waals surface area contributed by atoms with Gasteiger partial charge in [0.25, 0.3) is 0 Å². The first-order valence-electron chi connectivity index (χ1n) is 11.1. The molecule has 184 valence electrons. The Balaban J connectivity index is 1.57. The molecule has 34 heavy (non-hydrogen) atoms. The Morgan fingerprint density at radius 2 is 1.94 bits per heavy atom. The van der Waals surface area contributed by atoms with Gasteiger partial charge in [0, 0.05) is 31.5 Å². The zero-order valence-electron chi connectivity index (χ0n) is 19.4. The second-order valence-corrected chi connectivity index (χ2v) is 9.84. The molecular formula is C24H30N2O7S. The molecule has 0 spiro atoms. The van der Waals surface area contributed by atoms with Crippen LogP contribution in [0.1, 0.15) is 40.7 Å². The normalized spacial score (nSPS) is 12.6. The average Bonchev–Trinajstić information content (AvgIpc) is 3.31. The number of nitrogens with zero attached hydrogens (tertiary/aromatic N) is 1. The van der Waals surface area contributed by atoms with E-state index in [4.69, 9.17) is 9.47 Å². The van der Waals surface area contributed by atoms with Crippen LogP contribution in [0.15, 0.2) is 41.3 Å². The number of nitrogens with one attached hydrogen (secondary N) is 1. The molecule has 1 heterocycles. The Hall–Kier alpha value is -3.11. The fourth-order valence-corrected chi connectivity index (χ4v) is 4.88. The summed E-state index contributed by atoms with van der Waals surface area (Å²) in [5, 5.41) is 9.54. The van der Waals surface area contributed by atoms with Gasteiger partial charge in [-0.15, -0.1) is 0 Å². The maximum Gasteiger partial charge on any atom is 0.407 e. The number of carbonyl (C=O) groups is 2. The zero-order chi connectivity index (χ0) is 24.7. The fourth-order valence-electron chi connectivity index (χ4n) is 3.94. The predicted octanol–water partition coefficient (Wildman–Crippen LogP) is 3.11. The summed E-state index contributed by atoms with van der Waals surface area (Å²) in [6, 6.07) is 10.5. The quantitative estimate of drug-likeness (QED) is 0.346. The van der Waals surface area contributed by atoms with E-state index in [0.29, 0.717) is 62.3 Å². The molecule has 0 atom stereocenters. The highest BCUT2D eigenvalue weighted by atomic mass is 32.2. The van der Waals surface area contributed by atoms with Crippen molar-refractivity contribution in [1.82, 2.24) is 9.62 Å². The molecule has 0 radical (unpaired) electrons. The topological polar surface area (TPSA) is 122 Å². The van der Waals surface area contributed by atoms with Crippen molar-refractivity contribution in [2.45, 2.75) is 37.0 Å². The number of amides is 1. The molecule has 0 bridgehead atoms. The van der Waals surface area contributed by atoms with Crippen LogP contribution >= 0.6 is 0 Å². The number of rotatable bonds is 12. The lowest BCUT2D eigenvalue weighted by atomic mass is 10.0. The van der Waals surface area contributed by atoms with Crippen molar-refractivity contribution >= 4 is 21.9 Å². The summed E-state index contributed by atoms with van der Waals surface area (Å²) in [6.07, 6.45) is 1.25. The van der Waals surface area contributed by atoms with E-state index in [-0.39, 0.29) is 17.1 Å². The van der Waals surface area contributed by atoms with Gasteiger partial charge in [-0.3, -0.25) is 4.79 Å². The molecule has 9 nitrogen and oxygen atoms in total. The van der Waals surface area contributed by atoms with Crippen molar-refractivity contribution in [2.24, 2.45) is 0 Å². The number of carboxylic acid groups (broad SMARTS) is 1. The molecule has 1 aliphatic heterocycles. The van der Waals surface area contributed by atoms with Crippen LogP contribution in [0.4, 0.5) is 4.79 Å². The summed E-state index contributed by atoms with van der Waals surface area (Å²) in [5.41, 5.74) is 1.96. The van der Waals surface area contributed by atoms with Gasteiger partial charge in [0.15, 0.2) is 5.78 Å². The van der Waals surface area contributed by atoms with E-state index in [2.05, 4.69) is 4.72 Å². The Morgan fingerprint density at radius 1 is 1.18 bits per heavy atom. The largest absolute Gasteiger partial charge is 0.496 e. The second kappa shape index (κ2) is 11.3. The molecule has 1 aliphatic rings. The van der Waals surface area contributed by atoms with Crippen LogP contribution in [0.3, 0.4) is 0 Å². The smallest absolute Gasteiger partial charge is 0.407 e. The third-order valence-corrected chi connectivity index (χ3v) is 7.25. The minimum absolute atomic E-state index is 0.0262. The van der Waals surface area contributed by atoms with Gasteiger partial charge in [-0.05, 0) is 55.6 Å². The summed E-state index contributed by atoms with van der Waals surface area (Å²) in [6.45, 7) is 0.994. The molecule has 0 aromatic heterocycles. The van der Waals surface area contributed by atoms with E-state index in [0.717, 1.165) is 11.3 Å². The molecule has 1 amide bonds. The van der Waals surface area contributed by atoms with Crippen LogP contribution in [-0.2, 0) is 22.9 Å². The molecule has 2 aromatic rings. The Labute approximate surface area is 199 Å². The SMILES string of the molecule is CNS(=O)(=O)c1cc(C(=O)CCCCN(CCc2ccccc2OC)C(=O)O)cc2c1OCC2. The number of carbonyl (C=O) groups excluding carboxylic acids is 1. The van der Waals surface area contributed by atoms with Crippen LogP contribution in [-0.4, -0.2) is 64.2 Å². The van der Waals surface area contributed by atoms with E-state index >= 15 is 0 Å². The van der Waals surface area contributed by atoms with E-state index in [9.17, 15) is 23.1 Å². The maximum atomic E-state index is 12.8. The third-order valence-electron chi connectivity index (χ3n) is 5.83. The van der Waals surface area contributed by atoms with Crippen LogP contribution in [0.2, 0.25) is 0 Å². The molecule has 0 unspecified atom stereocenters. The fraction of sp³-hybridized carbons (Fsp3) is 0.417. The first kappa shape index (κ1) is 25.5. The Bertz CT molecular complexity index is 1150. The van der Waals surface area contributed by atoms with E-state index in [1.807, 2.05) is 24.3 Å². The van der Waals surface area contributed by atoms with Gasteiger partial charge in [0.2, 0.25) is 10.0 Å². The molecule has 0 aliphatic carbocycles. The van der Waals surface area contributed by atoms with Gasteiger partial charge in [-0.2, -0.15) is 0 Å². The highest BCUT2D eigenvalue weighted by Gasteiger charge is 2.27. The molecule has 2 N–H and O–H groups in total. The number of ether oxygens (including phenoxy) is 2. The van der Waals surface area contributed by atoms with E-state index in [1.54, 1.807) is 13.2 Å². The van der Waals surface area contributed by atoms with Crippen molar-refractivity contribution in [3.63, 3.8) is 0 Å². The summed E-state index contributed by atoms with van der Waals surface area (Å²) < 4.78 is 37.8. The first-order valence-corrected chi connectivity index (χ1v) is 12.6. The molecule has 10 heteroatoms. The Kier molecular flexibility index (Phi) is 8.51. The number of Topliss-reactive ketones (excluding diaryl/α,β-unsaturated/α-hetero) is 1. The van der Waals surface area contributed by atoms with Gasteiger partial charge in [0.05, 0.1) is 13.7 Å². The lowest BCUT2D eigenvalue weighted by Crippen LogP contribution is -2.32. The molecule has 3 rings (SSSR count). The molecule has 2 aromatic carbocycles. The van der Waals surface area contributed by atoms with Crippen molar-refractivity contribution in [3.8, 4) is 11.5 Å². The lowest BCUT2D eigenvalue weighted by molar-refractivity contribution is 0.0977. The van der Waals surface area contributed by atoms with Crippen LogP contribution in [0.25, 0.3) is 0 Å². The highest BCUT2D eigenvalue weighted by Crippen LogP contribution is 2.34. The number of sulfonamides is 1. The lowest BCUT2D eigenvalue weighted by Gasteiger charge is -2.19. The number of hydrogen-bond acceptors (Lipinski definition) is 6. The minimum atomic E-state index is -3.77. The van der Waals surface area contributed by atoms with Gasteiger partial charge >= 0.3 is 6.09 Å². The number of methoxy groups -OCH3 is 1. The van der Waals surface area contributed by atoms with Gasteiger partial charge in [-0.1, -0.05) is 18.2 Å². The highest BCUT2D eigenvalue weighted by molar-refractivity contribution is 7.89. The summed E-state index contributed by atoms with van der Waals surface area (Å²) >= 11 is 0. The van der Waals surface area contributed by atoms with Gasteiger partial charge in [0.1, 0.15) is 16.4 Å². The van der Waals surface area contributed by atoms with E-state index in [1.165, 1.54) is 18.0 Å². The standard InChI is InChI=1S/C24H30N2O7S/c1-25-34(30,31)22-16-19(15-18-11-14-33-23(18)22)20(27)8-5-6-12-26(24(28)29)13-10-17-7-3-4-9-21(17)32-2/h3-4,7,9,15-16,25H,5-6,8,10-14H2,1-2H3,(H,28,29). The maximum absolute atomic E-state index is 12.8. The number of hydrogen-bond donors (Lipinski definition) is 2. The number of unbranched alkanes of at least 4 members (excludes halogenated alkanes) is 1. The van der Waals surface area contributed by atoms with Crippen LogP contribution in [0.5, 0.6) is 11.5 Å². The van der Waals surface area contributed by atoms with Crippen LogP contribution in [0, 0.1) is 0 Å². The molecule has 0 fully saturated rings. The number of fused-ring (bicyclic) bond motifs is 1. The monoisotopic (exact) mass is 490 g/mol. The number of para-hydroxylation sites is 1. The summed E-state index contributed by atoms with van der Waals surface area (Å²) in [7, 11) is -0.876. The molecular weight excluding hydrogens is 460 g/mol. The molecule has 0 saturated carbocycles. The third kappa shape index (κ3) is 6.06. The van der Waals surface area contributed by atoms with Gasteiger partial charge in [-0.25, -0.2) is 17.9 Å². The summed E-state index contributed by atoms with van der Waals surface area (Å²) in [4.78, 5) is 25.7. The number of benzene rings is 2. The average molecular weight is 491 g/mol. The predicted molar refractivity (Wildman–Crippen MR) is 126 cm³/mol. The van der Waals surface area contributed by atoms with E-state index < -0.39 is 16.1 Å². The van der Waals surface area contributed by atoms with Crippen LogP contribution < -0.4 is 14.2 Å². The van der Waals surface area contributed by atoms with Crippen molar-refractivity contribution in [1.29, 1.82) is 0 Å². The van der Waals surface area contributed by atoms with Crippen molar-refractivity contribution in [2.75, 3.05) is 33.9 Å². The number of ketones is 1. The zero-order valence-corrected chi connectivity index (χ0v) is 20.2. The molecule has 0 saturated heterocycles. The summed E-state index contributed by atoms with van der Waals surface area (Å²) in [5.74, 6) is 0.842.